The number of anilines is 1. The van der Waals surface area contributed by atoms with Crippen LogP contribution in [0.15, 0.2) is 82.3 Å². The summed E-state index contributed by atoms with van der Waals surface area (Å²) in [5, 5.41) is 4.41. The van der Waals surface area contributed by atoms with Crippen molar-refractivity contribution < 1.29 is 9.53 Å². The third kappa shape index (κ3) is 6.85. The number of carbonyl (C=O) groups is 1. The van der Waals surface area contributed by atoms with E-state index in [9.17, 15) is 4.79 Å². The van der Waals surface area contributed by atoms with Crippen LogP contribution in [0, 0.1) is 11.3 Å². The fraction of sp³-hybridized carbons (Fsp3) is 0.273. The molecule has 40 heavy (non-hydrogen) atoms. The number of amides is 1. The van der Waals surface area contributed by atoms with Gasteiger partial charge in [-0.1, -0.05) is 78.6 Å². The van der Waals surface area contributed by atoms with Crippen molar-refractivity contribution in [2.24, 2.45) is 16.3 Å². The average molecular weight is 636 g/mol. The fourth-order valence-corrected chi connectivity index (χ4v) is 6.75. The van der Waals surface area contributed by atoms with Crippen molar-refractivity contribution in [3.8, 4) is 5.75 Å². The number of thiophene rings is 1. The van der Waals surface area contributed by atoms with Crippen LogP contribution in [0.1, 0.15) is 59.1 Å². The van der Waals surface area contributed by atoms with Crippen molar-refractivity contribution in [3.05, 3.63) is 109 Å². The Balaban J connectivity index is 1.47. The van der Waals surface area contributed by atoms with Crippen LogP contribution in [0.3, 0.4) is 0 Å². The van der Waals surface area contributed by atoms with E-state index < -0.39 is 0 Å². The van der Waals surface area contributed by atoms with Crippen LogP contribution in [0.2, 0.25) is 5.02 Å². The molecule has 7 heteroatoms. The first-order chi connectivity index (χ1) is 19.2. The summed E-state index contributed by atoms with van der Waals surface area (Å²) < 4.78 is 7.10. The van der Waals surface area contributed by atoms with E-state index in [2.05, 4.69) is 42.0 Å². The zero-order chi connectivity index (χ0) is 28.3. The van der Waals surface area contributed by atoms with Crippen molar-refractivity contribution in [2.75, 3.05) is 5.32 Å². The van der Waals surface area contributed by atoms with Crippen LogP contribution >= 0.6 is 38.9 Å². The van der Waals surface area contributed by atoms with Crippen molar-refractivity contribution in [1.82, 2.24) is 0 Å². The summed E-state index contributed by atoms with van der Waals surface area (Å²) in [5.41, 5.74) is 4.63. The largest absolute Gasteiger partial charge is 0.488 e. The van der Waals surface area contributed by atoms with Crippen LogP contribution in [0.5, 0.6) is 5.75 Å². The lowest BCUT2D eigenvalue weighted by Gasteiger charge is -2.33. The van der Waals surface area contributed by atoms with E-state index in [-0.39, 0.29) is 11.3 Å². The summed E-state index contributed by atoms with van der Waals surface area (Å²) in [7, 11) is 0. The molecule has 4 nitrogen and oxygen atoms in total. The lowest BCUT2D eigenvalue weighted by molar-refractivity contribution is 0.102. The van der Waals surface area contributed by atoms with Crippen LogP contribution in [-0.2, 0) is 19.4 Å². The number of fused-ring (bicyclic) bond motifs is 1. The molecule has 3 aromatic carbocycles. The van der Waals surface area contributed by atoms with Crippen LogP contribution in [-0.4, -0.2) is 12.1 Å². The Kier molecular flexibility index (Phi) is 8.79. The highest BCUT2D eigenvalue weighted by atomic mass is 79.9. The molecule has 1 aliphatic carbocycles. The van der Waals surface area contributed by atoms with Gasteiger partial charge in [-0.25, -0.2) is 4.99 Å². The molecule has 1 aliphatic rings. The highest BCUT2D eigenvalue weighted by Crippen LogP contribution is 2.45. The van der Waals surface area contributed by atoms with Gasteiger partial charge in [-0.3, -0.25) is 4.79 Å². The quantitative estimate of drug-likeness (QED) is 0.206. The summed E-state index contributed by atoms with van der Waals surface area (Å²) in [5.74, 6) is 1.15. The predicted molar refractivity (Wildman–Crippen MR) is 171 cm³/mol. The van der Waals surface area contributed by atoms with E-state index in [0.717, 1.165) is 51.2 Å². The van der Waals surface area contributed by atoms with Gasteiger partial charge in [-0.2, -0.15) is 0 Å². The zero-order valence-corrected chi connectivity index (χ0v) is 26.0. The Morgan fingerprint density at radius 3 is 2.60 bits per heavy atom. The van der Waals surface area contributed by atoms with Gasteiger partial charge >= 0.3 is 0 Å². The summed E-state index contributed by atoms with van der Waals surface area (Å²) in [6.07, 6.45) is 4.70. The molecule has 0 saturated carbocycles. The minimum Gasteiger partial charge on any atom is -0.488 e. The monoisotopic (exact) mass is 634 g/mol. The first kappa shape index (κ1) is 28.6. The minimum absolute atomic E-state index is 0.143. The molecule has 0 aliphatic heterocycles. The Morgan fingerprint density at radius 2 is 1.88 bits per heavy atom. The third-order valence-electron chi connectivity index (χ3n) is 7.33. The Morgan fingerprint density at radius 1 is 1.12 bits per heavy atom. The van der Waals surface area contributed by atoms with Crippen LogP contribution in [0.25, 0.3) is 0 Å². The molecule has 1 N–H and O–H groups in total. The number of benzene rings is 3. The average Bonchev–Trinajstić information content (AvgIpc) is 3.30. The Labute approximate surface area is 253 Å². The number of nitrogens with one attached hydrogen (secondary N) is 1. The molecule has 4 aromatic rings. The summed E-state index contributed by atoms with van der Waals surface area (Å²) in [4.78, 5) is 19.9. The molecule has 0 fully saturated rings. The number of rotatable bonds is 7. The van der Waals surface area contributed by atoms with Crippen molar-refractivity contribution in [1.29, 1.82) is 0 Å². The zero-order valence-electron chi connectivity index (χ0n) is 22.8. The molecule has 0 radical (unpaired) electrons. The standard InChI is InChI=1S/C33H32BrClN2O2S/c1-33(2,3)23-9-15-27-29(18-23)40-32(30(27)31(38)37-26-13-11-25(35)12-14-26)36-19-22-17-24(34)10-16-28(22)39-20-21-7-5-4-6-8-21/h4-8,10-14,16-17,19,23H,9,15,18,20H2,1-3H3,(H,37,38)/t23-/m0/s1. The van der Waals surface area contributed by atoms with Crippen molar-refractivity contribution in [3.63, 3.8) is 0 Å². The summed E-state index contributed by atoms with van der Waals surface area (Å²) in [6, 6.07) is 23.1. The van der Waals surface area contributed by atoms with Crippen LogP contribution < -0.4 is 10.1 Å². The van der Waals surface area contributed by atoms with E-state index in [1.807, 2.05) is 66.9 Å². The second kappa shape index (κ2) is 12.3. The highest BCUT2D eigenvalue weighted by Gasteiger charge is 2.33. The lowest BCUT2D eigenvalue weighted by atomic mass is 9.72. The smallest absolute Gasteiger partial charge is 0.259 e. The molecule has 1 heterocycles. The number of halogens is 2. The molecule has 0 unspecified atom stereocenters. The molecule has 0 spiro atoms. The van der Waals surface area contributed by atoms with E-state index in [1.165, 1.54) is 4.88 Å². The van der Waals surface area contributed by atoms with Gasteiger partial charge in [0, 0.05) is 31.8 Å². The SMILES string of the molecule is CC(C)(C)[C@H]1CCc2c(sc(N=Cc3cc(Br)ccc3OCc3ccccc3)c2C(=O)Nc2ccc(Cl)cc2)C1. The van der Waals surface area contributed by atoms with E-state index in [0.29, 0.717) is 28.8 Å². The first-order valence-electron chi connectivity index (χ1n) is 13.4. The normalized spacial score (nSPS) is 15.2. The molecule has 1 amide bonds. The molecule has 1 atom stereocenters. The molecule has 0 bridgehead atoms. The first-order valence-corrected chi connectivity index (χ1v) is 15.4. The van der Waals surface area contributed by atoms with Gasteiger partial charge < -0.3 is 10.1 Å². The van der Waals surface area contributed by atoms with Crippen molar-refractivity contribution in [2.45, 2.75) is 46.6 Å². The molecule has 5 rings (SSSR count). The molecule has 206 valence electrons. The summed E-state index contributed by atoms with van der Waals surface area (Å²) >= 11 is 11.3. The second-order valence-corrected chi connectivity index (χ2v) is 13.6. The molecular weight excluding hydrogens is 604 g/mol. The molecule has 0 saturated heterocycles. The molecular formula is C33H32BrClN2O2S. The highest BCUT2D eigenvalue weighted by molar-refractivity contribution is 9.10. The van der Waals surface area contributed by atoms with Gasteiger partial charge in [0.2, 0.25) is 0 Å². The van der Waals surface area contributed by atoms with Crippen LogP contribution in [0.4, 0.5) is 10.7 Å². The number of carbonyl (C=O) groups excluding carboxylic acids is 1. The number of aliphatic imine (C=N–C) groups is 1. The third-order valence-corrected chi connectivity index (χ3v) is 9.24. The van der Waals surface area contributed by atoms with E-state index in [4.69, 9.17) is 21.3 Å². The maximum Gasteiger partial charge on any atom is 0.259 e. The number of ether oxygens (including phenoxy) is 1. The van der Waals surface area contributed by atoms with Crippen molar-refractivity contribution >= 4 is 61.7 Å². The number of nitrogens with zero attached hydrogens (tertiary/aromatic N) is 1. The minimum atomic E-state index is -0.143. The van der Waals surface area contributed by atoms with Gasteiger partial charge in [0.15, 0.2) is 0 Å². The predicted octanol–water partition coefficient (Wildman–Crippen LogP) is 9.90. The van der Waals surface area contributed by atoms with Gasteiger partial charge in [-0.15, -0.1) is 11.3 Å². The van der Waals surface area contributed by atoms with Gasteiger partial charge in [0.25, 0.3) is 5.91 Å². The topological polar surface area (TPSA) is 50.7 Å². The Hall–Kier alpha value is -2.93. The van der Waals surface area contributed by atoms with Gasteiger partial charge in [0.05, 0.1) is 5.56 Å². The fourth-order valence-electron chi connectivity index (χ4n) is 4.98. The number of hydrogen-bond donors (Lipinski definition) is 1. The Bertz CT molecular complexity index is 1520. The van der Waals surface area contributed by atoms with E-state index >= 15 is 0 Å². The van der Waals surface area contributed by atoms with Gasteiger partial charge in [0.1, 0.15) is 17.4 Å². The maximum absolute atomic E-state index is 13.7. The number of hydrogen-bond acceptors (Lipinski definition) is 4. The maximum atomic E-state index is 13.7. The molecule has 1 aromatic heterocycles. The second-order valence-electron chi connectivity index (χ2n) is 11.2. The van der Waals surface area contributed by atoms with E-state index in [1.54, 1.807) is 23.5 Å². The van der Waals surface area contributed by atoms with Gasteiger partial charge in [-0.05, 0) is 84.2 Å². The summed E-state index contributed by atoms with van der Waals surface area (Å²) in [6.45, 7) is 7.36. The lowest BCUT2D eigenvalue weighted by Crippen LogP contribution is -2.27.